The molecule has 0 saturated heterocycles. The smallest absolute Gasteiger partial charge is 0.246 e. The van der Waals surface area contributed by atoms with E-state index in [9.17, 15) is 4.79 Å². The van der Waals surface area contributed by atoms with Gasteiger partial charge in [0.2, 0.25) is 5.91 Å². The maximum atomic E-state index is 10.9. The first kappa shape index (κ1) is 11.4. The Balaban J connectivity index is 3.22. The predicted molar refractivity (Wildman–Crippen MR) is 47.8 cm³/mol. The SMILES string of the molecule is CC(C)OCC(=O)NCCCN. The van der Waals surface area contributed by atoms with Crippen LogP contribution < -0.4 is 11.1 Å². The molecule has 0 fully saturated rings. The van der Waals surface area contributed by atoms with Crippen molar-refractivity contribution < 1.29 is 9.53 Å². The van der Waals surface area contributed by atoms with Gasteiger partial charge in [0.15, 0.2) is 0 Å². The van der Waals surface area contributed by atoms with Crippen LogP contribution in [-0.4, -0.2) is 31.7 Å². The van der Waals surface area contributed by atoms with Crippen LogP contribution in [0.5, 0.6) is 0 Å². The number of rotatable bonds is 6. The minimum atomic E-state index is -0.0721. The van der Waals surface area contributed by atoms with Gasteiger partial charge in [-0.25, -0.2) is 0 Å². The van der Waals surface area contributed by atoms with Gasteiger partial charge in [0.05, 0.1) is 6.10 Å². The summed E-state index contributed by atoms with van der Waals surface area (Å²) in [4.78, 5) is 10.9. The molecule has 72 valence electrons. The Bertz CT molecular complexity index is 126. The van der Waals surface area contributed by atoms with E-state index < -0.39 is 0 Å². The first-order valence-corrected chi connectivity index (χ1v) is 4.25. The lowest BCUT2D eigenvalue weighted by Gasteiger charge is -2.07. The Morgan fingerprint density at radius 3 is 2.75 bits per heavy atom. The maximum Gasteiger partial charge on any atom is 0.246 e. The first-order valence-electron chi connectivity index (χ1n) is 4.25. The number of hydrogen-bond donors (Lipinski definition) is 2. The fourth-order valence-electron chi connectivity index (χ4n) is 0.623. The van der Waals surface area contributed by atoms with Crippen LogP contribution in [0.15, 0.2) is 0 Å². The Morgan fingerprint density at radius 1 is 1.58 bits per heavy atom. The van der Waals surface area contributed by atoms with Crippen molar-refractivity contribution in [3.63, 3.8) is 0 Å². The third-order valence-electron chi connectivity index (χ3n) is 1.25. The zero-order chi connectivity index (χ0) is 9.40. The van der Waals surface area contributed by atoms with Crippen LogP contribution >= 0.6 is 0 Å². The second-order valence-corrected chi connectivity index (χ2v) is 2.85. The van der Waals surface area contributed by atoms with E-state index in [-0.39, 0.29) is 18.6 Å². The Morgan fingerprint density at radius 2 is 2.25 bits per heavy atom. The van der Waals surface area contributed by atoms with E-state index in [4.69, 9.17) is 10.5 Å². The Hall–Kier alpha value is -0.610. The molecular formula is C8H18N2O2. The highest BCUT2D eigenvalue weighted by atomic mass is 16.5. The van der Waals surface area contributed by atoms with Gasteiger partial charge in [-0.3, -0.25) is 4.79 Å². The fraction of sp³-hybridized carbons (Fsp3) is 0.875. The molecule has 3 N–H and O–H groups in total. The summed E-state index contributed by atoms with van der Waals surface area (Å²) >= 11 is 0. The molecule has 1 amide bonds. The highest BCUT2D eigenvalue weighted by Crippen LogP contribution is 1.85. The molecule has 0 aromatic rings. The van der Waals surface area contributed by atoms with Crippen molar-refractivity contribution in [2.45, 2.75) is 26.4 Å². The van der Waals surface area contributed by atoms with Gasteiger partial charge in [0, 0.05) is 6.54 Å². The Labute approximate surface area is 73.5 Å². The summed E-state index contributed by atoms with van der Waals surface area (Å²) in [5, 5.41) is 2.70. The topological polar surface area (TPSA) is 64.3 Å². The Kier molecular flexibility index (Phi) is 6.70. The van der Waals surface area contributed by atoms with Gasteiger partial charge >= 0.3 is 0 Å². The van der Waals surface area contributed by atoms with Gasteiger partial charge in [-0.2, -0.15) is 0 Å². The second-order valence-electron chi connectivity index (χ2n) is 2.85. The highest BCUT2D eigenvalue weighted by Gasteiger charge is 2.01. The van der Waals surface area contributed by atoms with Crippen molar-refractivity contribution >= 4 is 5.91 Å². The molecule has 0 aliphatic rings. The van der Waals surface area contributed by atoms with Crippen molar-refractivity contribution in [2.24, 2.45) is 5.73 Å². The summed E-state index contributed by atoms with van der Waals surface area (Å²) in [5.41, 5.74) is 5.25. The normalized spacial score (nSPS) is 10.3. The summed E-state index contributed by atoms with van der Waals surface area (Å²) in [6, 6.07) is 0. The molecule has 0 unspecified atom stereocenters. The fourth-order valence-corrected chi connectivity index (χ4v) is 0.623. The third kappa shape index (κ3) is 7.50. The van der Waals surface area contributed by atoms with Gasteiger partial charge in [-0.05, 0) is 26.8 Å². The third-order valence-corrected chi connectivity index (χ3v) is 1.25. The molecule has 4 nitrogen and oxygen atoms in total. The lowest BCUT2D eigenvalue weighted by Crippen LogP contribution is -2.30. The molecule has 0 heterocycles. The van der Waals surface area contributed by atoms with E-state index in [0.717, 1.165) is 6.42 Å². The van der Waals surface area contributed by atoms with E-state index in [1.54, 1.807) is 0 Å². The van der Waals surface area contributed by atoms with Crippen LogP contribution in [0.3, 0.4) is 0 Å². The van der Waals surface area contributed by atoms with E-state index in [1.165, 1.54) is 0 Å². The summed E-state index contributed by atoms with van der Waals surface area (Å²) in [5.74, 6) is -0.0721. The van der Waals surface area contributed by atoms with Gasteiger partial charge < -0.3 is 15.8 Å². The lowest BCUT2D eigenvalue weighted by molar-refractivity contribution is -0.127. The number of amides is 1. The number of carbonyl (C=O) groups is 1. The van der Waals surface area contributed by atoms with E-state index in [0.29, 0.717) is 13.1 Å². The second kappa shape index (κ2) is 7.06. The van der Waals surface area contributed by atoms with Gasteiger partial charge in [-0.1, -0.05) is 0 Å². The minimum absolute atomic E-state index is 0.0721. The molecule has 0 saturated carbocycles. The van der Waals surface area contributed by atoms with Crippen molar-refractivity contribution in [1.82, 2.24) is 5.32 Å². The van der Waals surface area contributed by atoms with Crippen LogP contribution in [0.25, 0.3) is 0 Å². The zero-order valence-corrected chi connectivity index (χ0v) is 7.80. The summed E-state index contributed by atoms with van der Waals surface area (Å²) in [6.07, 6.45) is 0.915. The number of nitrogens with one attached hydrogen (secondary N) is 1. The van der Waals surface area contributed by atoms with E-state index in [1.807, 2.05) is 13.8 Å². The van der Waals surface area contributed by atoms with Crippen molar-refractivity contribution in [1.29, 1.82) is 0 Å². The zero-order valence-electron chi connectivity index (χ0n) is 7.80. The summed E-state index contributed by atoms with van der Waals surface area (Å²) < 4.78 is 5.09. The molecule has 0 aliphatic heterocycles. The molecule has 0 spiro atoms. The van der Waals surface area contributed by atoms with Gasteiger partial charge in [0.25, 0.3) is 0 Å². The van der Waals surface area contributed by atoms with Crippen LogP contribution in [0.4, 0.5) is 0 Å². The van der Waals surface area contributed by atoms with E-state index >= 15 is 0 Å². The van der Waals surface area contributed by atoms with Crippen molar-refractivity contribution in [2.75, 3.05) is 19.7 Å². The van der Waals surface area contributed by atoms with E-state index in [2.05, 4.69) is 5.32 Å². The molecule has 12 heavy (non-hydrogen) atoms. The van der Waals surface area contributed by atoms with Crippen LogP contribution in [0.2, 0.25) is 0 Å². The first-order chi connectivity index (χ1) is 5.66. The average molecular weight is 174 g/mol. The number of ether oxygens (including phenoxy) is 1. The summed E-state index contributed by atoms with van der Waals surface area (Å²) in [7, 11) is 0. The average Bonchev–Trinajstić information content (AvgIpc) is 2.01. The molecule has 0 aliphatic carbocycles. The van der Waals surface area contributed by atoms with Crippen LogP contribution in [-0.2, 0) is 9.53 Å². The molecule has 0 aromatic carbocycles. The van der Waals surface area contributed by atoms with Crippen LogP contribution in [0.1, 0.15) is 20.3 Å². The minimum Gasteiger partial charge on any atom is -0.369 e. The van der Waals surface area contributed by atoms with Crippen molar-refractivity contribution in [3.8, 4) is 0 Å². The molecule has 0 rings (SSSR count). The molecule has 0 atom stereocenters. The van der Waals surface area contributed by atoms with Crippen LogP contribution in [0, 0.1) is 0 Å². The largest absolute Gasteiger partial charge is 0.369 e. The molecule has 0 radical (unpaired) electrons. The summed E-state index contributed by atoms with van der Waals surface area (Å²) in [6.45, 7) is 5.17. The lowest BCUT2D eigenvalue weighted by atomic mass is 10.4. The number of hydrogen-bond acceptors (Lipinski definition) is 3. The quantitative estimate of drug-likeness (QED) is 0.552. The number of nitrogens with two attached hydrogens (primary N) is 1. The monoisotopic (exact) mass is 174 g/mol. The number of carbonyl (C=O) groups excluding carboxylic acids is 1. The standard InChI is InChI=1S/C8H18N2O2/c1-7(2)12-6-8(11)10-5-3-4-9/h7H,3-6,9H2,1-2H3,(H,10,11). The molecule has 4 heteroatoms. The predicted octanol–water partition coefficient (Wildman–Crippen LogP) is -0.124. The molecule has 0 bridgehead atoms. The van der Waals surface area contributed by atoms with Gasteiger partial charge in [0.1, 0.15) is 6.61 Å². The maximum absolute atomic E-state index is 10.9. The molecule has 0 aromatic heterocycles. The van der Waals surface area contributed by atoms with Crippen molar-refractivity contribution in [3.05, 3.63) is 0 Å². The van der Waals surface area contributed by atoms with Gasteiger partial charge in [-0.15, -0.1) is 0 Å². The molecular weight excluding hydrogens is 156 g/mol. The highest BCUT2D eigenvalue weighted by molar-refractivity contribution is 5.77.